The topological polar surface area (TPSA) is 69.3 Å². The summed E-state index contributed by atoms with van der Waals surface area (Å²) in [7, 11) is 0. The molecule has 0 radical (unpaired) electrons. The van der Waals surface area contributed by atoms with Gasteiger partial charge in [-0.15, -0.1) is 0 Å². The molecule has 2 aromatic carbocycles. The van der Waals surface area contributed by atoms with Crippen LogP contribution in [0.25, 0.3) is 0 Å². The summed E-state index contributed by atoms with van der Waals surface area (Å²) in [5.74, 6) is 3.84. The molecular formula is C28H34N2O5. The van der Waals surface area contributed by atoms with E-state index in [4.69, 9.17) is 18.9 Å². The SMILES string of the molecule is O=C1C[C@@H]2CCN(Cc3ccc4c(c3)OCO4)C[C@@H]2CCOc2ccc(C3CCOCC3)cc2N1. The maximum absolute atomic E-state index is 13.1. The molecule has 4 aliphatic rings. The molecule has 35 heavy (non-hydrogen) atoms. The van der Waals surface area contributed by atoms with Crippen molar-refractivity contribution >= 4 is 11.6 Å². The van der Waals surface area contributed by atoms with Crippen LogP contribution in [0, 0.1) is 11.8 Å². The Labute approximate surface area is 206 Å². The molecule has 1 amide bonds. The highest BCUT2D eigenvalue weighted by Gasteiger charge is 2.32. The minimum absolute atomic E-state index is 0.0973. The summed E-state index contributed by atoms with van der Waals surface area (Å²) in [6.45, 7) is 5.43. The Morgan fingerprint density at radius 1 is 0.857 bits per heavy atom. The zero-order valence-corrected chi connectivity index (χ0v) is 20.2. The van der Waals surface area contributed by atoms with Crippen LogP contribution in [0.15, 0.2) is 36.4 Å². The lowest BCUT2D eigenvalue weighted by Gasteiger charge is -2.39. The van der Waals surface area contributed by atoms with E-state index >= 15 is 0 Å². The van der Waals surface area contributed by atoms with Gasteiger partial charge in [-0.25, -0.2) is 0 Å². The van der Waals surface area contributed by atoms with Crippen LogP contribution >= 0.6 is 0 Å². The van der Waals surface area contributed by atoms with E-state index in [1.807, 2.05) is 12.1 Å². The number of hydrogen-bond donors (Lipinski definition) is 1. The highest BCUT2D eigenvalue weighted by Crippen LogP contribution is 2.37. The molecule has 0 bridgehead atoms. The van der Waals surface area contributed by atoms with Crippen LogP contribution in [0.2, 0.25) is 0 Å². The molecule has 7 nitrogen and oxygen atoms in total. The fourth-order valence-electron chi connectivity index (χ4n) is 6.01. The van der Waals surface area contributed by atoms with E-state index in [9.17, 15) is 4.79 Å². The van der Waals surface area contributed by atoms with Gasteiger partial charge in [0.1, 0.15) is 5.75 Å². The monoisotopic (exact) mass is 478 g/mol. The maximum Gasteiger partial charge on any atom is 0.231 e. The van der Waals surface area contributed by atoms with Gasteiger partial charge in [-0.1, -0.05) is 12.1 Å². The third kappa shape index (κ3) is 5.11. The second-order valence-corrected chi connectivity index (χ2v) is 10.3. The molecule has 1 N–H and O–H groups in total. The van der Waals surface area contributed by atoms with Crippen LogP contribution in [0.5, 0.6) is 17.2 Å². The van der Waals surface area contributed by atoms with E-state index in [0.29, 0.717) is 37.6 Å². The molecule has 7 heteroatoms. The first-order valence-electron chi connectivity index (χ1n) is 13.0. The van der Waals surface area contributed by atoms with E-state index in [0.717, 1.165) is 81.5 Å². The number of ether oxygens (including phenoxy) is 4. The number of amides is 1. The van der Waals surface area contributed by atoms with Crippen LogP contribution in [-0.4, -0.2) is 50.5 Å². The summed E-state index contributed by atoms with van der Waals surface area (Å²) < 4.78 is 22.7. The van der Waals surface area contributed by atoms with Crippen molar-refractivity contribution in [1.29, 1.82) is 0 Å². The second-order valence-electron chi connectivity index (χ2n) is 10.3. The van der Waals surface area contributed by atoms with Crippen molar-refractivity contribution in [3.63, 3.8) is 0 Å². The highest BCUT2D eigenvalue weighted by atomic mass is 16.7. The number of piperidine rings is 1. The first kappa shape index (κ1) is 22.7. The van der Waals surface area contributed by atoms with Gasteiger partial charge < -0.3 is 24.3 Å². The second kappa shape index (κ2) is 10.1. The van der Waals surface area contributed by atoms with Crippen molar-refractivity contribution in [3.05, 3.63) is 47.5 Å². The zero-order valence-electron chi connectivity index (χ0n) is 20.2. The molecule has 6 rings (SSSR count). The molecule has 0 unspecified atom stereocenters. The largest absolute Gasteiger partial charge is 0.491 e. The smallest absolute Gasteiger partial charge is 0.231 e. The van der Waals surface area contributed by atoms with Crippen molar-refractivity contribution in [2.75, 3.05) is 45.0 Å². The number of nitrogens with one attached hydrogen (secondary N) is 1. The van der Waals surface area contributed by atoms with Crippen LogP contribution < -0.4 is 19.5 Å². The summed E-state index contributed by atoms with van der Waals surface area (Å²) in [5, 5.41) is 3.18. The lowest BCUT2D eigenvalue weighted by molar-refractivity contribution is -0.118. The Morgan fingerprint density at radius 2 is 1.71 bits per heavy atom. The standard InChI is InChI=1S/C28H34N2O5/c31-28-15-22-5-9-30(16-19-1-3-26-27(13-19)35-18-34-26)17-23(22)8-12-33-25-4-2-21(14-24(25)29-28)20-6-10-32-11-7-20/h1-4,13-14,20,22-23H,5-12,15-18H2,(H,29,31)/t22-,23-/m0/s1. The van der Waals surface area contributed by atoms with E-state index in [-0.39, 0.29) is 5.91 Å². The summed E-state index contributed by atoms with van der Waals surface area (Å²) in [4.78, 5) is 15.6. The van der Waals surface area contributed by atoms with Gasteiger partial charge in [0.2, 0.25) is 12.7 Å². The average molecular weight is 479 g/mol. The van der Waals surface area contributed by atoms with Gasteiger partial charge in [-0.2, -0.15) is 0 Å². The third-order valence-electron chi connectivity index (χ3n) is 7.98. The van der Waals surface area contributed by atoms with Crippen molar-refractivity contribution in [2.24, 2.45) is 11.8 Å². The number of carbonyl (C=O) groups excluding carboxylic acids is 1. The van der Waals surface area contributed by atoms with Crippen LogP contribution in [0.1, 0.15) is 49.1 Å². The number of hydrogen-bond acceptors (Lipinski definition) is 6. The fraction of sp³-hybridized carbons (Fsp3) is 0.536. The summed E-state index contributed by atoms with van der Waals surface area (Å²) >= 11 is 0. The van der Waals surface area contributed by atoms with Gasteiger partial charge in [0.05, 0.1) is 12.3 Å². The highest BCUT2D eigenvalue weighted by molar-refractivity contribution is 5.92. The van der Waals surface area contributed by atoms with Crippen molar-refractivity contribution in [3.8, 4) is 17.2 Å². The van der Waals surface area contributed by atoms with Gasteiger partial charge in [-0.05, 0) is 85.4 Å². The van der Waals surface area contributed by atoms with Gasteiger partial charge in [-0.3, -0.25) is 9.69 Å². The fourth-order valence-corrected chi connectivity index (χ4v) is 6.01. The quantitative estimate of drug-likeness (QED) is 0.698. The molecule has 2 atom stereocenters. The number of benzene rings is 2. The summed E-state index contributed by atoms with van der Waals surface area (Å²) in [5.41, 5.74) is 3.32. The van der Waals surface area contributed by atoms with Gasteiger partial charge in [0.15, 0.2) is 11.5 Å². The Bertz CT molecular complexity index is 1070. The molecule has 0 saturated carbocycles. The number of fused-ring (bicyclic) bond motifs is 3. The maximum atomic E-state index is 13.1. The molecular weight excluding hydrogens is 444 g/mol. The normalized spacial score (nSPS) is 25.2. The molecule has 4 heterocycles. The van der Waals surface area contributed by atoms with Crippen LogP contribution in [-0.2, 0) is 16.1 Å². The van der Waals surface area contributed by atoms with Gasteiger partial charge in [0, 0.05) is 32.7 Å². The Hall–Kier alpha value is -2.77. The van der Waals surface area contributed by atoms with Crippen molar-refractivity contribution in [2.45, 2.75) is 44.6 Å². The van der Waals surface area contributed by atoms with Crippen molar-refractivity contribution in [1.82, 2.24) is 4.90 Å². The van der Waals surface area contributed by atoms with Gasteiger partial charge >= 0.3 is 0 Å². The van der Waals surface area contributed by atoms with E-state index in [2.05, 4.69) is 34.5 Å². The number of rotatable bonds is 3. The lowest BCUT2D eigenvalue weighted by atomic mass is 9.80. The molecule has 186 valence electrons. The molecule has 0 aromatic heterocycles. The molecule has 2 aromatic rings. The first-order chi connectivity index (χ1) is 17.2. The predicted molar refractivity (Wildman–Crippen MR) is 132 cm³/mol. The molecule has 4 aliphatic heterocycles. The third-order valence-corrected chi connectivity index (χ3v) is 7.98. The number of carbonyl (C=O) groups is 1. The number of anilines is 1. The van der Waals surface area contributed by atoms with Crippen LogP contribution in [0.4, 0.5) is 5.69 Å². The van der Waals surface area contributed by atoms with E-state index < -0.39 is 0 Å². The van der Waals surface area contributed by atoms with E-state index in [1.54, 1.807) is 0 Å². The average Bonchev–Trinajstić information content (AvgIpc) is 3.35. The Balaban J connectivity index is 1.12. The molecule has 0 spiro atoms. The van der Waals surface area contributed by atoms with Crippen molar-refractivity contribution < 1.29 is 23.7 Å². The van der Waals surface area contributed by atoms with Gasteiger partial charge in [0.25, 0.3) is 0 Å². The Morgan fingerprint density at radius 3 is 2.63 bits per heavy atom. The number of nitrogens with zero attached hydrogens (tertiary/aromatic N) is 1. The van der Waals surface area contributed by atoms with E-state index in [1.165, 1.54) is 11.1 Å². The van der Waals surface area contributed by atoms with Crippen LogP contribution in [0.3, 0.4) is 0 Å². The minimum Gasteiger partial charge on any atom is -0.491 e. The molecule has 2 fully saturated rings. The predicted octanol–water partition coefficient (Wildman–Crippen LogP) is 4.56. The lowest BCUT2D eigenvalue weighted by Crippen LogP contribution is -2.42. The molecule has 0 aliphatic carbocycles. The molecule has 2 saturated heterocycles. The minimum atomic E-state index is 0.0973. The Kier molecular flexibility index (Phi) is 6.53. The zero-order chi connectivity index (χ0) is 23.6. The summed E-state index contributed by atoms with van der Waals surface area (Å²) in [6, 6.07) is 12.5. The first-order valence-corrected chi connectivity index (χ1v) is 13.0. The summed E-state index contributed by atoms with van der Waals surface area (Å²) in [6.07, 6.45) is 4.61. The number of likely N-dealkylation sites (tertiary alicyclic amines) is 1.